The summed E-state index contributed by atoms with van der Waals surface area (Å²) < 4.78 is 11.6. The van der Waals surface area contributed by atoms with Crippen LogP contribution in [0.25, 0.3) is 0 Å². The van der Waals surface area contributed by atoms with Crippen molar-refractivity contribution >= 4 is 15.1 Å². The van der Waals surface area contributed by atoms with Gasteiger partial charge < -0.3 is 9.16 Å². The number of amides is 1. The molecule has 0 saturated carbocycles. The number of ether oxygens (including phenoxy) is 1. The molecule has 0 fully saturated rings. The van der Waals surface area contributed by atoms with Gasteiger partial charge in [-0.25, -0.2) is 4.79 Å². The highest BCUT2D eigenvalue weighted by Crippen LogP contribution is 2.34. The van der Waals surface area contributed by atoms with E-state index in [2.05, 4.69) is 39.9 Å². The van der Waals surface area contributed by atoms with Gasteiger partial charge in [0, 0.05) is 6.54 Å². The molecule has 132 valence electrons. The van der Waals surface area contributed by atoms with Crippen LogP contribution in [0.3, 0.4) is 0 Å². The number of hydrogen-bond donors (Lipinski definition) is 0. The van der Waals surface area contributed by atoms with Crippen molar-refractivity contribution in [3.63, 3.8) is 0 Å². The Bertz CT molecular complexity index is 578. The van der Waals surface area contributed by atoms with E-state index < -0.39 is 9.04 Å². The number of hydrogen-bond acceptors (Lipinski definition) is 3. The summed E-state index contributed by atoms with van der Waals surface area (Å²) in [4.78, 5) is 14.6. The molecule has 0 aromatic heterocycles. The first-order valence-corrected chi connectivity index (χ1v) is 11.4. The largest absolute Gasteiger partial charge is 0.418 e. The first kappa shape index (κ1) is 18.7. The lowest BCUT2D eigenvalue weighted by Gasteiger charge is -2.41. The minimum atomic E-state index is -1.16. The van der Waals surface area contributed by atoms with E-state index in [1.54, 1.807) is 12.1 Å². The number of para-hydroxylation sites is 1. The molecule has 0 saturated heterocycles. The third-order valence-corrected chi connectivity index (χ3v) is 4.96. The predicted octanol–water partition coefficient (Wildman–Crippen LogP) is 4.23. The van der Waals surface area contributed by atoms with Gasteiger partial charge in [0.05, 0.1) is 12.6 Å². The molecule has 1 atom stereocenters. The van der Waals surface area contributed by atoms with Gasteiger partial charge in [-0.2, -0.15) is 0 Å². The number of carbonyl (C=O) groups is 1. The third kappa shape index (κ3) is 4.95. The van der Waals surface area contributed by atoms with Crippen molar-refractivity contribution in [2.24, 2.45) is 5.41 Å². The van der Waals surface area contributed by atoms with E-state index in [4.69, 9.17) is 9.16 Å². The van der Waals surface area contributed by atoms with Crippen LogP contribution in [0.1, 0.15) is 27.2 Å². The highest BCUT2D eigenvalue weighted by Gasteiger charge is 2.35. The second kappa shape index (κ2) is 7.99. The molecule has 0 aliphatic carbocycles. The minimum absolute atomic E-state index is 0.00173. The van der Waals surface area contributed by atoms with Crippen LogP contribution in [-0.4, -0.2) is 39.2 Å². The molecule has 0 N–H and O–H groups in total. The van der Waals surface area contributed by atoms with Crippen LogP contribution in [0.4, 0.5) is 4.79 Å². The molecule has 1 heterocycles. The summed E-state index contributed by atoms with van der Waals surface area (Å²) in [6, 6.07) is 9.19. The summed E-state index contributed by atoms with van der Waals surface area (Å²) in [5.74, 6) is 0.576. The summed E-state index contributed by atoms with van der Waals surface area (Å²) >= 11 is 0. The predicted molar refractivity (Wildman–Crippen MR) is 99.9 cm³/mol. The Hall–Kier alpha value is -1.59. The molecule has 0 spiro atoms. The molecule has 1 aliphatic heterocycles. The van der Waals surface area contributed by atoms with Gasteiger partial charge >= 0.3 is 6.09 Å². The number of carbonyl (C=O) groups excluding carboxylic acids is 1. The van der Waals surface area contributed by atoms with Crippen LogP contribution in [0.5, 0.6) is 5.75 Å². The van der Waals surface area contributed by atoms with Crippen LogP contribution in [0.15, 0.2) is 42.0 Å². The first-order chi connectivity index (χ1) is 11.3. The molecule has 1 unspecified atom stereocenters. The molecule has 0 radical (unpaired) electrons. The summed E-state index contributed by atoms with van der Waals surface area (Å²) in [6.07, 6.45) is 2.82. The van der Waals surface area contributed by atoms with Crippen LogP contribution < -0.4 is 4.74 Å². The van der Waals surface area contributed by atoms with Gasteiger partial charge in [0.1, 0.15) is 5.75 Å². The Morgan fingerprint density at radius 3 is 2.50 bits per heavy atom. The maximum atomic E-state index is 12.7. The molecule has 1 aromatic rings. The lowest BCUT2D eigenvalue weighted by Crippen LogP contribution is -2.50. The van der Waals surface area contributed by atoms with E-state index in [1.165, 1.54) is 5.57 Å². The Morgan fingerprint density at radius 2 is 1.92 bits per heavy atom. The fourth-order valence-corrected chi connectivity index (χ4v) is 3.52. The first-order valence-electron chi connectivity index (χ1n) is 8.64. The maximum Gasteiger partial charge on any atom is 0.415 e. The second-order valence-electron chi connectivity index (χ2n) is 7.47. The molecule has 24 heavy (non-hydrogen) atoms. The molecule has 1 amide bonds. The fourth-order valence-electron chi connectivity index (χ4n) is 2.95. The van der Waals surface area contributed by atoms with Crippen molar-refractivity contribution in [1.82, 2.24) is 4.90 Å². The van der Waals surface area contributed by atoms with E-state index >= 15 is 0 Å². The van der Waals surface area contributed by atoms with Crippen molar-refractivity contribution in [2.45, 2.75) is 46.3 Å². The second-order valence-corrected chi connectivity index (χ2v) is 9.90. The smallest absolute Gasteiger partial charge is 0.415 e. The van der Waals surface area contributed by atoms with Gasteiger partial charge in [-0.1, -0.05) is 45.0 Å². The fraction of sp³-hybridized carbons (Fsp3) is 0.526. The SMILES string of the molecule is C[SiH](C)OCC1C(C(C)(C)C)=CCCN1C(=O)Oc1ccccc1. The quantitative estimate of drug-likeness (QED) is 0.604. The van der Waals surface area contributed by atoms with Crippen molar-refractivity contribution in [1.29, 1.82) is 0 Å². The molecular weight excluding hydrogens is 318 g/mol. The van der Waals surface area contributed by atoms with E-state index in [-0.39, 0.29) is 17.6 Å². The lowest BCUT2D eigenvalue weighted by atomic mass is 9.79. The van der Waals surface area contributed by atoms with Gasteiger partial charge in [0.2, 0.25) is 0 Å². The number of benzene rings is 1. The monoisotopic (exact) mass is 347 g/mol. The standard InChI is InChI=1S/C19H29NO3Si/c1-19(2,3)16-12-9-13-20(17(16)14-22-24(4)5)18(21)23-15-10-7-6-8-11-15/h6-8,10-12,17,24H,9,13-14H2,1-5H3. The van der Waals surface area contributed by atoms with Crippen molar-refractivity contribution in [3.8, 4) is 5.75 Å². The zero-order valence-electron chi connectivity index (χ0n) is 15.4. The molecular formula is C19H29NO3Si. The Labute approximate surface area is 147 Å². The third-order valence-electron chi connectivity index (χ3n) is 4.11. The minimum Gasteiger partial charge on any atom is -0.418 e. The lowest BCUT2D eigenvalue weighted by molar-refractivity contribution is 0.109. The number of rotatable bonds is 4. The highest BCUT2D eigenvalue weighted by atomic mass is 28.3. The zero-order chi connectivity index (χ0) is 17.7. The van der Waals surface area contributed by atoms with E-state index in [0.717, 1.165) is 6.42 Å². The van der Waals surface area contributed by atoms with Crippen LogP contribution in [0, 0.1) is 5.41 Å². The van der Waals surface area contributed by atoms with Gasteiger partial charge in [-0.3, -0.25) is 4.90 Å². The zero-order valence-corrected chi connectivity index (χ0v) is 16.6. The Balaban J connectivity index is 2.19. The van der Waals surface area contributed by atoms with Gasteiger partial charge in [-0.15, -0.1) is 0 Å². The number of nitrogens with zero attached hydrogens (tertiary/aromatic N) is 1. The maximum absolute atomic E-state index is 12.7. The van der Waals surface area contributed by atoms with Crippen LogP contribution in [0.2, 0.25) is 13.1 Å². The van der Waals surface area contributed by atoms with Crippen molar-refractivity contribution in [3.05, 3.63) is 42.0 Å². The average Bonchev–Trinajstić information content (AvgIpc) is 2.52. The van der Waals surface area contributed by atoms with Crippen LogP contribution in [-0.2, 0) is 4.43 Å². The normalized spacial score (nSPS) is 18.5. The molecule has 2 rings (SSSR count). The van der Waals surface area contributed by atoms with Gasteiger partial charge in [0.15, 0.2) is 9.04 Å². The summed E-state index contributed by atoms with van der Waals surface area (Å²) in [6.45, 7) is 12.1. The summed E-state index contributed by atoms with van der Waals surface area (Å²) in [5, 5.41) is 0. The van der Waals surface area contributed by atoms with Gasteiger partial charge in [0.25, 0.3) is 0 Å². The van der Waals surface area contributed by atoms with Crippen molar-refractivity contribution < 1.29 is 14.0 Å². The van der Waals surface area contributed by atoms with Crippen LogP contribution >= 0.6 is 0 Å². The summed E-state index contributed by atoms with van der Waals surface area (Å²) in [7, 11) is -1.16. The molecule has 1 aromatic carbocycles. The molecule has 4 nitrogen and oxygen atoms in total. The molecule has 5 heteroatoms. The Morgan fingerprint density at radius 1 is 1.25 bits per heavy atom. The average molecular weight is 348 g/mol. The Kier molecular flexibility index (Phi) is 6.24. The van der Waals surface area contributed by atoms with Crippen molar-refractivity contribution in [2.75, 3.05) is 13.2 Å². The molecule has 0 bridgehead atoms. The van der Waals surface area contributed by atoms with E-state index in [9.17, 15) is 4.79 Å². The topological polar surface area (TPSA) is 38.8 Å². The van der Waals surface area contributed by atoms with E-state index in [1.807, 2.05) is 23.1 Å². The summed E-state index contributed by atoms with van der Waals surface area (Å²) in [5.41, 5.74) is 1.26. The van der Waals surface area contributed by atoms with E-state index in [0.29, 0.717) is 18.9 Å². The van der Waals surface area contributed by atoms with Gasteiger partial charge in [-0.05, 0) is 42.6 Å². The highest BCUT2D eigenvalue weighted by molar-refractivity contribution is 6.48. The molecule has 1 aliphatic rings.